The quantitative estimate of drug-likeness (QED) is 0.153. The molecular weight excluding hydrogens is 793 g/mol. The number of para-hydroxylation sites is 1. The van der Waals surface area contributed by atoms with Crippen LogP contribution in [-0.4, -0.2) is 15.0 Å². The van der Waals surface area contributed by atoms with Gasteiger partial charge in [0.05, 0.1) is 5.69 Å². The van der Waals surface area contributed by atoms with Gasteiger partial charge >= 0.3 is 0 Å². The van der Waals surface area contributed by atoms with Crippen LogP contribution < -0.4 is 4.90 Å². The van der Waals surface area contributed by atoms with Gasteiger partial charge in [0.2, 0.25) is 0 Å². The zero-order chi connectivity index (χ0) is 43.5. The number of nitrogens with zero attached hydrogens (tertiary/aromatic N) is 4. The van der Waals surface area contributed by atoms with E-state index < -0.39 is 0 Å². The lowest BCUT2D eigenvalue weighted by Crippen LogP contribution is -2.16. The topological polar surface area (TPSA) is 55.1 Å². The summed E-state index contributed by atoms with van der Waals surface area (Å²) >= 11 is 0. The van der Waals surface area contributed by atoms with E-state index in [1.54, 1.807) is 0 Å². The van der Waals surface area contributed by atoms with Crippen molar-refractivity contribution in [1.29, 1.82) is 0 Å². The first kappa shape index (κ1) is 38.5. The first-order chi connectivity index (χ1) is 32.0. The Hall–Kier alpha value is -8.15. The van der Waals surface area contributed by atoms with Gasteiger partial charge in [-0.2, -0.15) is 0 Å². The van der Waals surface area contributed by atoms with Crippen LogP contribution in [0.1, 0.15) is 43.4 Å². The van der Waals surface area contributed by atoms with Crippen molar-refractivity contribution in [3.8, 4) is 56.4 Å². The molecule has 8 aromatic carbocycles. The van der Waals surface area contributed by atoms with Crippen LogP contribution >= 0.6 is 0 Å². The number of hydrogen-bond acceptors (Lipinski definition) is 5. The zero-order valence-corrected chi connectivity index (χ0v) is 36.2. The van der Waals surface area contributed by atoms with E-state index in [0.29, 0.717) is 17.5 Å². The van der Waals surface area contributed by atoms with Crippen LogP contribution in [0.4, 0.5) is 17.1 Å². The molecule has 2 aromatic heterocycles. The van der Waals surface area contributed by atoms with Gasteiger partial charge in [0, 0.05) is 55.4 Å². The van der Waals surface area contributed by atoms with Crippen molar-refractivity contribution in [2.75, 3.05) is 4.90 Å². The van der Waals surface area contributed by atoms with Crippen molar-refractivity contribution in [1.82, 2.24) is 15.0 Å². The smallest absolute Gasteiger partial charge is 0.164 e. The highest BCUT2D eigenvalue weighted by Crippen LogP contribution is 2.54. The van der Waals surface area contributed by atoms with Crippen LogP contribution in [0, 0.1) is 0 Å². The molecule has 0 aliphatic heterocycles. The molecule has 5 heteroatoms. The second-order valence-corrected chi connectivity index (χ2v) is 17.5. The predicted octanol–water partition coefficient (Wildman–Crippen LogP) is 15.9. The van der Waals surface area contributed by atoms with E-state index in [9.17, 15) is 0 Å². The summed E-state index contributed by atoms with van der Waals surface area (Å²) in [5.41, 5.74) is 17.6. The molecule has 0 N–H and O–H groups in total. The Balaban J connectivity index is 0.977. The van der Waals surface area contributed by atoms with Gasteiger partial charge in [0.15, 0.2) is 17.5 Å². The molecule has 10 aromatic rings. The second kappa shape index (κ2) is 15.6. The Morgan fingerprint density at radius 3 is 1.77 bits per heavy atom. The molecule has 5 nitrogen and oxygen atoms in total. The summed E-state index contributed by atoms with van der Waals surface area (Å²) in [6.07, 6.45) is 8.80. The van der Waals surface area contributed by atoms with Crippen molar-refractivity contribution in [2.24, 2.45) is 0 Å². The highest BCUT2D eigenvalue weighted by molar-refractivity contribution is 6.15. The Morgan fingerprint density at radius 1 is 0.492 bits per heavy atom. The zero-order valence-electron chi connectivity index (χ0n) is 36.2. The van der Waals surface area contributed by atoms with E-state index in [-0.39, 0.29) is 5.41 Å². The summed E-state index contributed by atoms with van der Waals surface area (Å²) < 4.78 is 6.82. The van der Waals surface area contributed by atoms with Gasteiger partial charge in [0.25, 0.3) is 0 Å². The van der Waals surface area contributed by atoms with E-state index in [1.165, 1.54) is 33.4 Å². The van der Waals surface area contributed by atoms with Crippen LogP contribution in [0.25, 0.3) is 83.9 Å². The van der Waals surface area contributed by atoms with E-state index in [0.717, 1.165) is 79.7 Å². The molecule has 0 unspecified atom stereocenters. The number of allylic oxidation sites excluding steroid dienone is 4. The number of furan rings is 1. The molecule has 2 aliphatic carbocycles. The van der Waals surface area contributed by atoms with E-state index >= 15 is 0 Å². The van der Waals surface area contributed by atoms with Crippen molar-refractivity contribution < 1.29 is 4.42 Å². The van der Waals surface area contributed by atoms with Crippen LogP contribution in [0.5, 0.6) is 0 Å². The van der Waals surface area contributed by atoms with Crippen LogP contribution in [0.3, 0.4) is 0 Å². The summed E-state index contributed by atoms with van der Waals surface area (Å²) in [5.74, 6) is 1.84. The van der Waals surface area contributed by atoms with Gasteiger partial charge in [-0.1, -0.05) is 184 Å². The SMILES string of the molecule is CC1(C)c2ccccc2-c2c(N(c3ccc(C4=CC=CCC4)cc3)c3ccc(-c4cccc5c4oc4cccc(-c6nc(-c7ccccc7)nc(-c7ccccc7)n6)c45)cc3)cccc21. The molecule has 0 spiro atoms. The van der Waals surface area contributed by atoms with Crippen molar-refractivity contribution in [3.63, 3.8) is 0 Å². The van der Waals surface area contributed by atoms with E-state index in [2.05, 4.69) is 152 Å². The van der Waals surface area contributed by atoms with Gasteiger partial charge in [-0.3, -0.25) is 0 Å². The predicted molar refractivity (Wildman–Crippen MR) is 267 cm³/mol. The maximum absolute atomic E-state index is 6.82. The van der Waals surface area contributed by atoms with Gasteiger partial charge in [-0.25, -0.2) is 15.0 Å². The Labute approximate surface area is 378 Å². The van der Waals surface area contributed by atoms with Crippen LogP contribution in [0.15, 0.2) is 211 Å². The number of anilines is 3. The highest BCUT2D eigenvalue weighted by Gasteiger charge is 2.37. The number of hydrogen-bond donors (Lipinski definition) is 0. The third kappa shape index (κ3) is 6.58. The monoisotopic (exact) mass is 836 g/mol. The average Bonchev–Trinajstić information content (AvgIpc) is 3.87. The van der Waals surface area contributed by atoms with Gasteiger partial charge in [-0.15, -0.1) is 0 Å². The standard InChI is InChI=1S/C60H44N4O/c1-60(2)50-27-13-12-23-47(50)55-51(60)28-16-29-52(55)64(44-35-31-40(32-36-44)39-17-6-3-7-18-39)45-37-33-41(34-38-45)46-24-14-25-48-54-49(26-15-30-53(54)65-56(46)48)59-62-57(42-19-8-4-9-20-42)61-58(63-59)43-21-10-5-11-22-43/h3-6,8-17,19-38H,7,18H2,1-2H3. The minimum atomic E-state index is -0.120. The molecule has 12 rings (SSSR count). The van der Waals surface area contributed by atoms with Crippen LogP contribution in [0.2, 0.25) is 0 Å². The minimum absolute atomic E-state index is 0.120. The molecule has 2 heterocycles. The molecule has 0 saturated carbocycles. The van der Waals surface area contributed by atoms with Crippen molar-refractivity contribution in [2.45, 2.75) is 32.1 Å². The van der Waals surface area contributed by atoms with Crippen LogP contribution in [-0.2, 0) is 5.41 Å². The number of benzene rings is 8. The molecule has 0 radical (unpaired) electrons. The molecule has 0 atom stereocenters. The largest absolute Gasteiger partial charge is 0.455 e. The third-order valence-corrected chi connectivity index (χ3v) is 13.2. The number of aromatic nitrogens is 3. The third-order valence-electron chi connectivity index (χ3n) is 13.2. The second-order valence-electron chi connectivity index (χ2n) is 17.5. The molecular formula is C60H44N4O. The van der Waals surface area contributed by atoms with E-state index in [4.69, 9.17) is 19.4 Å². The van der Waals surface area contributed by atoms with Crippen molar-refractivity contribution in [3.05, 3.63) is 223 Å². The molecule has 0 saturated heterocycles. The summed E-state index contributed by atoms with van der Waals surface area (Å²) in [4.78, 5) is 17.5. The maximum atomic E-state index is 6.82. The lowest BCUT2D eigenvalue weighted by atomic mass is 9.82. The first-order valence-electron chi connectivity index (χ1n) is 22.4. The fourth-order valence-corrected chi connectivity index (χ4v) is 10.00. The van der Waals surface area contributed by atoms with E-state index in [1.807, 2.05) is 72.8 Å². The number of fused-ring (bicyclic) bond motifs is 6. The minimum Gasteiger partial charge on any atom is -0.455 e. The molecule has 0 amide bonds. The summed E-state index contributed by atoms with van der Waals surface area (Å²) in [7, 11) is 0. The molecule has 0 fully saturated rings. The average molecular weight is 837 g/mol. The Kier molecular flexibility index (Phi) is 9.23. The molecule has 65 heavy (non-hydrogen) atoms. The molecule has 2 aliphatic rings. The normalized spacial score (nSPS) is 13.7. The summed E-state index contributed by atoms with van der Waals surface area (Å²) in [6.45, 7) is 4.69. The Morgan fingerprint density at radius 2 is 1.08 bits per heavy atom. The summed E-state index contributed by atoms with van der Waals surface area (Å²) in [5, 5.41) is 1.98. The molecule has 0 bridgehead atoms. The first-order valence-corrected chi connectivity index (χ1v) is 22.4. The highest BCUT2D eigenvalue weighted by atomic mass is 16.3. The fourth-order valence-electron chi connectivity index (χ4n) is 10.00. The fraction of sp³-hybridized carbons (Fsp3) is 0.0833. The maximum Gasteiger partial charge on any atom is 0.164 e. The molecule has 310 valence electrons. The van der Waals surface area contributed by atoms with Gasteiger partial charge in [-0.05, 0) is 82.6 Å². The lowest BCUT2D eigenvalue weighted by Gasteiger charge is -2.29. The Bertz CT molecular complexity index is 3430. The van der Waals surface area contributed by atoms with Gasteiger partial charge < -0.3 is 9.32 Å². The summed E-state index contributed by atoms with van der Waals surface area (Å²) in [6, 6.07) is 66.5. The lowest BCUT2D eigenvalue weighted by molar-refractivity contribution is 0.660. The number of rotatable bonds is 8. The van der Waals surface area contributed by atoms with Gasteiger partial charge in [0.1, 0.15) is 11.2 Å². The van der Waals surface area contributed by atoms with Crippen molar-refractivity contribution >= 4 is 44.6 Å².